The third kappa shape index (κ3) is 2.12. The van der Waals surface area contributed by atoms with E-state index in [1.807, 2.05) is 0 Å². The Labute approximate surface area is 64.3 Å². The van der Waals surface area contributed by atoms with Gasteiger partial charge in [-0.25, -0.2) is 0 Å². The van der Waals surface area contributed by atoms with E-state index in [-0.39, 0.29) is 0 Å². The first-order valence-electron chi connectivity index (χ1n) is 3.49. The Bertz CT molecular complexity index is 193. The normalized spacial score (nSPS) is 12.0. The smallest absolute Gasteiger partial charge is 0.140 e. The maximum atomic E-state index is 8.55. The topological polar surface area (TPSA) is 20.2 Å². The molecule has 10 heavy (non-hydrogen) atoms. The third-order valence-electron chi connectivity index (χ3n) is 1.38. The molecule has 0 aliphatic rings. The van der Waals surface area contributed by atoms with Crippen molar-refractivity contribution in [3.05, 3.63) is 22.4 Å². The van der Waals surface area contributed by atoms with Crippen molar-refractivity contribution in [2.75, 3.05) is 6.61 Å². The second-order valence-corrected chi connectivity index (χ2v) is 4.27. The van der Waals surface area contributed by atoms with E-state index in [9.17, 15) is 0 Å². The summed E-state index contributed by atoms with van der Waals surface area (Å²) in [4.78, 5) is 0. The molecule has 1 unspecified atom stereocenters. The van der Waals surface area contributed by atoms with Crippen molar-refractivity contribution in [3.63, 3.8) is 0 Å². The lowest BCUT2D eigenvalue weighted by Crippen LogP contribution is -1.80. The average molecular weight is 157 g/mol. The van der Waals surface area contributed by atoms with Crippen LogP contribution in [0.25, 0.3) is 0 Å². The average Bonchev–Trinajstić information content (AvgIpc) is 2.31. The van der Waals surface area contributed by atoms with Crippen LogP contribution in [0.4, 0.5) is 0 Å². The SMILES string of the molecule is Cc1cc[s+](CCCO)c1. The highest BCUT2D eigenvalue weighted by Gasteiger charge is 2.02. The van der Waals surface area contributed by atoms with E-state index in [0.29, 0.717) is 17.1 Å². The molecule has 0 spiro atoms. The van der Waals surface area contributed by atoms with Gasteiger partial charge in [-0.15, -0.1) is 0 Å². The predicted molar refractivity (Wildman–Crippen MR) is 45.4 cm³/mol. The highest BCUT2D eigenvalue weighted by atomic mass is 32.2. The molecule has 0 fully saturated rings. The summed E-state index contributed by atoms with van der Waals surface area (Å²) in [5.74, 6) is 1.12. The Balaban J connectivity index is 2.42. The lowest BCUT2D eigenvalue weighted by atomic mass is 10.4. The molecule has 0 saturated heterocycles. The van der Waals surface area contributed by atoms with Gasteiger partial charge < -0.3 is 5.11 Å². The number of aliphatic hydroxyl groups excluding tert-OH is 1. The lowest BCUT2D eigenvalue weighted by Gasteiger charge is -1.84. The second kappa shape index (κ2) is 3.74. The third-order valence-corrected chi connectivity index (χ3v) is 3.30. The first-order valence-corrected chi connectivity index (χ1v) is 5.01. The zero-order chi connectivity index (χ0) is 7.40. The molecule has 0 aromatic carbocycles. The van der Waals surface area contributed by atoms with Crippen molar-refractivity contribution in [3.8, 4) is 0 Å². The summed E-state index contributed by atoms with van der Waals surface area (Å²) >= 11 is 0. The molecule has 0 aliphatic carbocycles. The molecule has 1 rings (SSSR count). The van der Waals surface area contributed by atoms with Gasteiger partial charge in [-0.05, 0) is 23.5 Å². The van der Waals surface area contributed by atoms with Gasteiger partial charge in [0, 0.05) is 18.6 Å². The van der Waals surface area contributed by atoms with Crippen LogP contribution in [-0.2, 0) is 5.75 Å². The molecular formula is C8H13OS+. The second-order valence-electron chi connectivity index (χ2n) is 2.42. The van der Waals surface area contributed by atoms with Gasteiger partial charge in [0.05, 0.1) is 0 Å². The van der Waals surface area contributed by atoms with Crippen molar-refractivity contribution in [2.45, 2.75) is 19.1 Å². The van der Waals surface area contributed by atoms with Crippen LogP contribution in [-0.4, -0.2) is 11.7 Å². The van der Waals surface area contributed by atoms with Crippen molar-refractivity contribution < 1.29 is 5.11 Å². The molecular weight excluding hydrogens is 144 g/mol. The molecule has 0 radical (unpaired) electrons. The minimum atomic E-state index is 0.324. The van der Waals surface area contributed by atoms with Crippen LogP contribution in [0.3, 0.4) is 0 Å². The highest BCUT2D eigenvalue weighted by Crippen LogP contribution is 2.21. The quantitative estimate of drug-likeness (QED) is 0.666. The largest absolute Gasteiger partial charge is 0.396 e. The molecule has 0 amide bonds. The van der Waals surface area contributed by atoms with Crippen molar-refractivity contribution in [1.29, 1.82) is 0 Å². The van der Waals surface area contributed by atoms with E-state index >= 15 is 0 Å². The van der Waals surface area contributed by atoms with Gasteiger partial charge in [-0.1, -0.05) is 0 Å². The van der Waals surface area contributed by atoms with Crippen LogP contribution in [0.15, 0.2) is 16.8 Å². The van der Waals surface area contributed by atoms with Gasteiger partial charge in [0.25, 0.3) is 0 Å². The van der Waals surface area contributed by atoms with E-state index in [4.69, 9.17) is 5.11 Å². The molecule has 1 atom stereocenters. The Hall–Kier alpha value is -0.340. The number of rotatable bonds is 3. The molecule has 1 aromatic heterocycles. The summed E-state index contributed by atoms with van der Waals surface area (Å²) < 4.78 is 0. The van der Waals surface area contributed by atoms with Crippen molar-refractivity contribution in [1.82, 2.24) is 0 Å². The summed E-state index contributed by atoms with van der Waals surface area (Å²) in [5, 5.41) is 13.1. The van der Waals surface area contributed by atoms with E-state index in [2.05, 4.69) is 23.8 Å². The Morgan fingerprint density at radius 1 is 1.60 bits per heavy atom. The summed E-state index contributed by atoms with van der Waals surface area (Å²) in [6, 6.07) is 2.15. The Kier molecular flexibility index (Phi) is 2.90. The van der Waals surface area contributed by atoms with Crippen LogP contribution in [0.5, 0.6) is 0 Å². The number of thiophene rings is 1. The van der Waals surface area contributed by atoms with E-state index < -0.39 is 0 Å². The van der Waals surface area contributed by atoms with Crippen LogP contribution in [0, 0.1) is 6.92 Å². The monoisotopic (exact) mass is 157 g/mol. The van der Waals surface area contributed by atoms with Gasteiger partial charge in [0.1, 0.15) is 16.5 Å². The highest BCUT2D eigenvalue weighted by molar-refractivity contribution is 7.27. The first kappa shape index (κ1) is 7.76. The van der Waals surface area contributed by atoms with Gasteiger partial charge in [-0.3, -0.25) is 0 Å². The van der Waals surface area contributed by atoms with E-state index in [1.165, 1.54) is 5.56 Å². The minimum Gasteiger partial charge on any atom is -0.396 e. The maximum absolute atomic E-state index is 8.55. The number of aryl methyl sites for hydroxylation is 2. The predicted octanol–water partition coefficient (Wildman–Crippen LogP) is 2.13. The number of hydrogen-bond acceptors (Lipinski definition) is 1. The fourth-order valence-electron chi connectivity index (χ4n) is 0.870. The van der Waals surface area contributed by atoms with Crippen LogP contribution in [0.1, 0.15) is 12.0 Å². The Morgan fingerprint density at radius 2 is 2.40 bits per heavy atom. The zero-order valence-electron chi connectivity index (χ0n) is 6.21. The van der Waals surface area contributed by atoms with Crippen molar-refractivity contribution >= 4 is 10.5 Å². The Morgan fingerprint density at radius 3 is 2.90 bits per heavy atom. The van der Waals surface area contributed by atoms with Gasteiger partial charge >= 0.3 is 0 Å². The van der Waals surface area contributed by atoms with Gasteiger partial charge in [0.2, 0.25) is 0 Å². The summed E-state index contributed by atoms with van der Waals surface area (Å²) in [6.07, 6.45) is 0.928. The van der Waals surface area contributed by atoms with Crippen LogP contribution >= 0.6 is 10.5 Å². The van der Waals surface area contributed by atoms with Gasteiger partial charge in [0.15, 0.2) is 0 Å². The molecule has 56 valence electrons. The summed E-state index contributed by atoms with van der Waals surface area (Å²) in [6.45, 7) is 2.44. The maximum Gasteiger partial charge on any atom is 0.140 e. The number of aliphatic hydroxyl groups is 1. The summed E-state index contributed by atoms with van der Waals surface area (Å²) in [7, 11) is 0.340. The number of hydrogen-bond donors (Lipinski definition) is 1. The molecule has 1 aromatic rings. The molecule has 1 heterocycles. The molecule has 1 N–H and O–H groups in total. The fraction of sp³-hybridized carbons (Fsp3) is 0.500. The van der Waals surface area contributed by atoms with Crippen LogP contribution < -0.4 is 0 Å². The zero-order valence-corrected chi connectivity index (χ0v) is 7.03. The standard InChI is InChI=1S/C8H13OS/c1-8-3-6-10(7-8)5-2-4-9/h3,6-7,9H,2,4-5H2,1H3/q+1. The molecule has 0 aliphatic heterocycles. The van der Waals surface area contributed by atoms with Crippen molar-refractivity contribution in [2.24, 2.45) is 0 Å². The van der Waals surface area contributed by atoms with E-state index in [1.54, 1.807) is 0 Å². The molecule has 0 saturated carbocycles. The minimum absolute atomic E-state index is 0.324. The summed E-state index contributed by atoms with van der Waals surface area (Å²) in [5.41, 5.74) is 1.36. The van der Waals surface area contributed by atoms with Crippen LogP contribution in [0.2, 0.25) is 0 Å². The lowest BCUT2D eigenvalue weighted by molar-refractivity contribution is 0.292. The molecule has 2 heteroatoms. The first-order chi connectivity index (χ1) is 4.83. The van der Waals surface area contributed by atoms with Gasteiger partial charge in [-0.2, -0.15) is 0 Å². The fourth-order valence-corrected chi connectivity index (χ4v) is 2.61. The van der Waals surface area contributed by atoms with E-state index in [0.717, 1.165) is 12.2 Å². The molecule has 1 nitrogen and oxygen atoms in total. The molecule has 0 bridgehead atoms.